The zero-order valence-corrected chi connectivity index (χ0v) is 7.44. The Kier molecular flexibility index (Phi) is 3.11. The highest BCUT2D eigenvalue weighted by Gasteiger charge is 2.30. The van der Waals surface area contributed by atoms with E-state index in [9.17, 15) is 4.79 Å². The summed E-state index contributed by atoms with van der Waals surface area (Å²) in [4.78, 5) is 14.7. The van der Waals surface area contributed by atoms with Gasteiger partial charge >= 0.3 is 5.97 Å². The zero-order valence-electron chi connectivity index (χ0n) is 7.44. The molecule has 0 bridgehead atoms. The first kappa shape index (κ1) is 9.83. The van der Waals surface area contributed by atoms with Gasteiger partial charge in [-0.05, 0) is 12.8 Å². The monoisotopic (exact) mass is 185 g/mol. The number of nitrogens with two attached hydrogens (primary N) is 2. The highest BCUT2D eigenvalue weighted by Crippen LogP contribution is 2.26. The summed E-state index contributed by atoms with van der Waals surface area (Å²) in [5.41, 5.74) is 10.4. The van der Waals surface area contributed by atoms with Crippen LogP contribution in [-0.4, -0.2) is 23.1 Å². The molecule has 0 saturated heterocycles. The molecule has 5 N–H and O–H groups in total. The lowest BCUT2D eigenvalue weighted by Gasteiger charge is -2.25. The Balaban J connectivity index is 2.67. The Hall–Kier alpha value is -1.26. The number of hydrogen-bond donors (Lipinski definition) is 3. The van der Waals surface area contributed by atoms with E-state index in [-0.39, 0.29) is 12.0 Å². The standard InChI is InChI=1S/C8H15N3O2/c9-8(10)11-6-4-2-1-3-5(6)7(12)13/h5-6H,1-4H2,(H,12,13)(H4,9,10,11)/t5-,6-/m0/s1. The maximum Gasteiger partial charge on any atom is 0.308 e. The van der Waals surface area contributed by atoms with Crippen LogP contribution in [0.5, 0.6) is 0 Å². The summed E-state index contributed by atoms with van der Waals surface area (Å²) in [6, 6.07) is -0.226. The molecule has 0 spiro atoms. The second-order valence-corrected chi connectivity index (χ2v) is 3.35. The van der Waals surface area contributed by atoms with Gasteiger partial charge in [0.05, 0.1) is 12.0 Å². The van der Waals surface area contributed by atoms with Gasteiger partial charge in [-0.3, -0.25) is 4.79 Å². The van der Waals surface area contributed by atoms with Crippen LogP contribution in [-0.2, 0) is 4.79 Å². The summed E-state index contributed by atoms with van der Waals surface area (Å²) in [6.45, 7) is 0. The molecule has 0 aromatic heterocycles. The largest absolute Gasteiger partial charge is 0.481 e. The number of carbonyl (C=O) groups is 1. The molecule has 5 nitrogen and oxygen atoms in total. The van der Waals surface area contributed by atoms with Crippen LogP contribution in [0.1, 0.15) is 25.7 Å². The lowest BCUT2D eigenvalue weighted by atomic mass is 9.85. The summed E-state index contributed by atoms with van der Waals surface area (Å²) in [5.74, 6) is -1.22. The quantitative estimate of drug-likeness (QED) is 0.413. The zero-order chi connectivity index (χ0) is 9.84. The van der Waals surface area contributed by atoms with E-state index in [1.54, 1.807) is 0 Å². The first-order valence-corrected chi connectivity index (χ1v) is 4.43. The molecule has 1 aliphatic carbocycles. The molecule has 0 aromatic carbocycles. The van der Waals surface area contributed by atoms with Crippen molar-refractivity contribution in [1.29, 1.82) is 0 Å². The predicted octanol–water partition coefficient (Wildman–Crippen LogP) is -0.0968. The van der Waals surface area contributed by atoms with Gasteiger partial charge in [0.15, 0.2) is 5.96 Å². The van der Waals surface area contributed by atoms with Gasteiger partial charge in [-0.1, -0.05) is 12.8 Å². The molecule has 1 rings (SSSR count). The summed E-state index contributed by atoms with van der Waals surface area (Å²) >= 11 is 0. The molecule has 74 valence electrons. The number of carboxylic acids is 1. The van der Waals surface area contributed by atoms with E-state index in [0.29, 0.717) is 6.42 Å². The number of aliphatic carboxylic acids is 1. The fourth-order valence-corrected chi connectivity index (χ4v) is 1.75. The number of guanidine groups is 1. The SMILES string of the molecule is NC(N)=N[C@H]1CCCC[C@@H]1C(=O)O. The first-order chi connectivity index (χ1) is 6.11. The topological polar surface area (TPSA) is 102 Å². The number of aliphatic imine (C=N–C) groups is 1. The lowest BCUT2D eigenvalue weighted by molar-refractivity contribution is -0.143. The van der Waals surface area contributed by atoms with E-state index in [2.05, 4.69) is 4.99 Å². The Bertz CT molecular complexity index is 223. The van der Waals surface area contributed by atoms with Crippen molar-refractivity contribution in [3.05, 3.63) is 0 Å². The Morgan fingerprint density at radius 1 is 1.31 bits per heavy atom. The molecule has 1 fully saturated rings. The number of carboxylic acid groups (broad SMARTS) is 1. The van der Waals surface area contributed by atoms with Crippen molar-refractivity contribution in [2.24, 2.45) is 22.4 Å². The van der Waals surface area contributed by atoms with Gasteiger partial charge in [0.25, 0.3) is 0 Å². The second-order valence-electron chi connectivity index (χ2n) is 3.35. The second kappa shape index (κ2) is 4.11. The number of hydrogen-bond acceptors (Lipinski definition) is 2. The Labute approximate surface area is 76.8 Å². The van der Waals surface area contributed by atoms with E-state index in [0.717, 1.165) is 19.3 Å². The molecule has 5 heteroatoms. The average molecular weight is 185 g/mol. The van der Waals surface area contributed by atoms with Crippen molar-refractivity contribution in [3.8, 4) is 0 Å². The van der Waals surface area contributed by atoms with Crippen LogP contribution in [0.3, 0.4) is 0 Å². The van der Waals surface area contributed by atoms with Crippen LogP contribution >= 0.6 is 0 Å². The van der Waals surface area contributed by atoms with Crippen molar-refractivity contribution in [2.45, 2.75) is 31.7 Å². The Morgan fingerprint density at radius 3 is 2.46 bits per heavy atom. The highest BCUT2D eigenvalue weighted by atomic mass is 16.4. The van der Waals surface area contributed by atoms with Gasteiger partial charge in [-0.15, -0.1) is 0 Å². The molecular weight excluding hydrogens is 170 g/mol. The number of rotatable bonds is 2. The summed E-state index contributed by atoms with van der Waals surface area (Å²) in [7, 11) is 0. The van der Waals surface area contributed by atoms with Crippen molar-refractivity contribution in [3.63, 3.8) is 0 Å². The predicted molar refractivity (Wildman–Crippen MR) is 49.2 cm³/mol. The maximum absolute atomic E-state index is 10.8. The normalized spacial score (nSPS) is 28.0. The minimum Gasteiger partial charge on any atom is -0.481 e. The smallest absolute Gasteiger partial charge is 0.308 e. The van der Waals surface area contributed by atoms with Crippen molar-refractivity contribution in [1.82, 2.24) is 0 Å². The third-order valence-electron chi connectivity index (χ3n) is 2.36. The minimum atomic E-state index is -0.797. The van der Waals surface area contributed by atoms with E-state index < -0.39 is 11.9 Å². The van der Waals surface area contributed by atoms with Crippen molar-refractivity contribution >= 4 is 11.9 Å². The fourth-order valence-electron chi connectivity index (χ4n) is 1.75. The van der Waals surface area contributed by atoms with E-state index in [1.807, 2.05) is 0 Å². The fraction of sp³-hybridized carbons (Fsp3) is 0.750. The molecule has 0 radical (unpaired) electrons. The van der Waals surface area contributed by atoms with Crippen molar-refractivity contribution < 1.29 is 9.90 Å². The van der Waals surface area contributed by atoms with Gasteiger partial charge in [0.1, 0.15) is 0 Å². The lowest BCUT2D eigenvalue weighted by Crippen LogP contribution is -2.34. The maximum atomic E-state index is 10.8. The Morgan fingerprint density at radius 2 is 1.92 bits per heavy atom. The molecule has 0 amide bonds. The van der Waals surface area contributed by atoms with Crippen molar-refractivity contribution in [2.75, 3.05) is 0 Å². The average Bonchev–Trinajstić information content (AvgIpc) is 2.03. The third-order valence-corrected chi connectivity index (χ3v) is 2.36. The van der Waals surface area contributed by atoms with E-state index >= 15 is 0 Å². The van der Waals surface area contributed by atoms with Crippen LogP contribution in [0.25, 0.3) is 0 Å². The summed E-state index contributed by atoms with van der Waals surface area (Å²) in [6.07, 6.45) is 3.41. The van der Waals surface area contributed by atoms with E-state index in [4.69, 9.17) is 16.6 Å². The number of nitrogens with zero attached hydrogens (tertiary/aromatic N) is 1. The van der Waals surface area contributed by atoms with Gasteiger partial charge in [0, 0.05) is 0 Å². The van der Waals surface area contributed by atoms with Gasteiger partial charge < -0.3 is 16.6 Å². The molecule has 13 heavy (non-hydrogen) atoms. The highest BCUT2D eigenvalue weighted by molar-refractivity contribution is 5.77. The first-order valence-electron chi connectivity index (χ1n) is 4.43. The minimum absolute atomic E-state index is 0.0156. The molecule has 0 aromatic rings. The van der Waals surface area contributed by atoms with Crippen LogP contribution < -0.4 is 11.5 Å². The molecule has 1 saturated carbocycles. The molecule has 0 aliphatic heterocycles. The van der Waals surface area contributed by atoms with E-state index in [1.165, 1.54) is 0 Å². The molecule has 0 unspecified atom stereocenters. The molecule has 1 aliphatic rings. The van der Waals surface area contributed by atoms with Crippen LogP contribution in [0.2, 0.25) is 0 Å². The summed E-state index contributed by atoms with van der Waals surface area (Å²) < 4.78 is 0. The van der Waals surface area contributed by atoms with Crippen LogP contribution in [0.15, 0.2) is 4.99 Å². The summed E-state index contributed by atoms with van der Waals surface area (Å²) in [5, 5.41) is 8.87. The molecule has 0 heterocycles. The van der Waals surface area contributed by atoms with Crippen LogP contribution in [0, 0.1) is 5.92 Å². The molecular formula is C8H15N3O2. The third kappa shape index (κ3) is 2.61. The molecule has 2 atom stereocenters. The van der Waals surface area contributed by atoms with Gasteiger partial charge in [-0.2, -0.15) is 0 Å². The van der Waals surface area contributed by atoms with Gasteiger partial charge in [-0.25, -0.2) is 4.99 Å². The van der Waals surface area contributed by atoms with Gasteiger partial charge in [0.2, 0.25) is 0 Å². The van der Waals surface area contributed by atoms with Crippen LogP contribution in [0.4, 0.5) is 0 Å².